The third-order valence-corrected chi connectivity index (χ3v) is 4.41. The van der Waals surface area contributed by atoms with Crippen LogP contribution >= 0.6 is 11.8 Å². The van der Waals surface area contributed by atoms with E-state index in [2.05, 4.69) is 38.9 Å². The number of hydrogen-bond acceptors (Lipinski definition) is 7. The van der Waals surface area contributed by atoms with Gasteiger partial charge in [0.15, 0.2) is 5.82 Å². The average Bonchev–Trinajstić information content (AvgIpc) is 2.86. The lowest BCUT2D eigenvalue weighted by Crippen LogP contribution is -2.33. The minimum atomic E-state index is -0.399. The van der Waals surface area contributed by atoms with Gasteiger partial charge in [0.05, 0.1) is 4.91 Å². The van der Waals surface area contributed by atoms with Crippen molar-refractivity contribution < 1.29 is 9.59 Å². The van der Waals surface area contributed by atoms with E-state index in [0.29, 0.717) is 10.7 Å². The van der Waals surface area contributed by atoms with Crippen LogP contribution < -0.4 is 10.2 Å². The molecule has 23 heavy (non-hydrogen) atoms. The molecule has 2 amide bonds. The summed E-state index contributed by atoms with van der Waals surface area (Å²) in [7, 11) is 1.98. The maximum absolute atomic E-state index is 11.6. The van der Waals surface area contributed by atoms with Gasteiger partial charge < -0.3 is 9.80 Å². The molecule has 0 unspecified atom stereocenters. The van der Waals surface area contributed by atoms with E-state index in [1.807, 2.05) is 13.1 Å². The van der Waals surface area contributed by atoms with Crippen molar-refractivity contribution in [3.8, 4) is 0 Å². The van der Waals surface area contributed by atoms with Gasteiger partial charge in [0.25, 0.3) is 11.1 Å². The summed E-state index contributed by atoms with van der Waals surface area (Å²) >= 11 is 0.864. The molecular formula is C15H21N5O2S. The first-order valence-corrected chi connectivity index (χ1v) is 8.36. The molecule has 0 aliphatic carbocycles. The average molecular weight is 335 g/mol. The lowest BCUT2D eigenvalue weighted by molar-refractivity contribution is -0.115. The zero-order chi connectivity index (χ0) is 16.8. The van der Waals surface area contributed by atoms with E-state index in [-0.39, 0.29) is 5.24 Å². The summed E-state index contributed by atoms with van der Waals surface area (Å²) in [6.45, 7) is 8.13. The third kappa shape index (κ3) is 4.77. The number of nitrogens with one attached hydrogen (secondary N) is 1. The first kappa shape index (κ1) is 17.4. The summed E-state index contributed by atoms with van der Waals surface area (Å²) in [5.74, 6) is 0.808. The Labute approximate surface area is 140 Å². The standard InChI is InChI=1S/C15H21N5O2S/c1-4-20(5-2)9-8-19(3)13-6-7-16-12(17-13)10-11-14(21)18-15(22)23-11/h6-7,10H,4-5,8-9H2,1-3H3,(H,18,21,22)/b11-10-. The quantitative estimate of drug-likeness (QED) is 0.758. The molecule has 8 heteroatoms. The van der Waals surface area contributed by atoms with Gasteiger partial charge in [0, 0.05) is 32.4 Å². The van der Waals surface area contributed by atoms with E-state index in [9.17, 15) is 9.59 Å². The minimum absolute atomic E-state index is 0.318. The molecule has 2 rings (SSSR count). The van der Waals surface area contributed by atoms with Crippen LogP contribution in [-0.2, 0) is 4.79 Å². The highest BCUT2D eigenvalue weighted by molar-refractivity contribution is 8.18. The monoisotopic (exact) mass is 335 g/mol. The zero-order valence-corrected chi connectivity index (χ0v) is 14.4. The summed E-state index contributed by atoms with van der Waals surface area (Å²) in [6, 6.07) is 1.83. The largest absolute Gasteiger partial charge is 0.358 e. The van der Waals surface area contributed by atoms with E-state index in [0.717, 1.165) is 43.8 Å². The molecule has 1 aliphatic rings. The smallest absolute Gasteiger partial charge is 0.290 e. The Kier molecular flexibility index (Phi) is 6.12. The number of amides is 2. The van der Waals surface area contributed by atoms with Gasteiger partial charge in [0.1, 0.15) is 5.82 Å². The van der Waals surface area contributed by atoms with E-state index in [1.54, 1.807) is 6.20 Å². The second-order valence-corrected chi connectivity index (χ2v) is 6.09. The number of rotatable bonds is 7. The Morgan fingerprint density at radius 1 is 1.26 bits per heavy atom. The highest BCUT2D eigenvalue weighted by Gasteiger charge is 2.25. The molecule has 0 atom stereocenters. The van der Waals surface area contributed by atoms with Gasteiger partial charge in [-0.15, -0.1) is 0 Å². The topological polar surface area (TPSA) is 78.4 Å². The van der Waals surface area contributed by atoms with Gasteiger partial charge in [-0.1, -0.05) is 13.8 Å². The maximum atomic E-state index is 11.6. The van der Waals surface area contributed by atoms with Crippen molar-refractivity contribution in [3.05, 3.63) is 23.0 Å². The molecule has 0 saturated carbocycles. The Bertz CT molecular complexity index is 616. The van der Waals surface area contributed by atoms with Crippen molar-refractivity contribution in [1.82, 2.24) is 20.2 Å². The molecule has 1 N–H and O–H groups in total. The summed E-state index contributed by atoms with van der Waals surface area (Å²) in [4.78, 5) is 36.0. The maximum Gasteiger partial charge on any atom is 0.290 e. The van der Waals surface area contributed by atoms with Crippen LogP contribution in [-0.4, -0.2) is 59.2 Å². The van der Waals surface area contributed by atoms with Crippen LogP contribution in [0.25, 0.3) is 6.08 Å². The van der Waals surface area contributed by atoms with Crippen LogP contribution in [0, 0.1) is 0 Å². The number of anilines is 1. The molecule has 0 bridgehead atoms. The van der Waals surface area contributed by atoms with Crippen LogP contribution in [0.3, 0.4) is 0 Å². The molecule has 1 saturated heterocycles. The Morgan fingerprint density at radius 2 is 2.00 bits per heavy atom. The Balaban J connectivity index is 2.06. The van der Waals surface area contributed by atoms with Crippen LogP contribution in [0.15, 0.2) is 17.2 Å². The van der Waals surface area contributed by atoms with E-state index >= 15 is 0 Å². The second-order valence-electron chi connectivity index (χ2n) is 5.07. The number of imide groups is 1. The summed E-state index contributed by atoms with van der Waals surface area (Å²) < 4.78 is 0. The molecule has 0 radical (unpaired) electrons. The molecule has 1 aliphatic heterocycles. The number of likely N-dealkylation sites (N-methyl/N-ethyl adjacent to an activating group) is 2. The van der Waals surface area contributed by atoms with Crippen molar-refractivity contribution >= 4 is 34.8 Å². The number of hydrogen-bond donors (Lipinski definition) is 1. The molecule has 0 aromatic carbocycles. The minimum Gasteiger partial charge on any atom is -0.358 e. The lowest BCUT2D eigenvalue weighted by atomic mass is 10.4. The third-order valence-electron chi connectivity index (χ3n) is 3.60. The van der Waals surface area contributed by atoms with Gasteiger partial charge in [-0.25, -0.2) is 9.97 Å². The predicted molar refractivity (Wildman–Crippen MR) is 92.2 cm³/mol. The number of carbonyl (C=O) groups is 2. The highest BCUT2D eigenvalue weighted by Crippen LogP contribution is 2.24. The van der Waals surface area contributed by atoms with Crippen LogP contribution in [0.4, 0.5) is 10.6 Å². The number of nitrogens with zero attached hydrogens (tertiary/aromatic N) is 4. The molecule has 124 valence electrons. The number of carbonyl (C=O) groups excluding carboxylic acids is 2. The van der Waals surface area contributed by atoms with Crippen molar-refractivity contribution in [2.45, 2.75) is 13.8 Å². The van der Waals surface area contributed by atoms with Gasteiger partial charge in [0.2, 0.25) is 0 Å². The summed E-state index contributed by atoms with van der Waals surface area (Å²) in [6.07, 6.45) is 3.19. The summed E-state index contributed by atoms with van der Waals surface area (Å²) in [5, 5.41) is 1.85. The molecule has 1 aromatic rings. The first-order valence-electron chi connectivity index (χ1n) is 7.54. The van der Waals surface area contributed by atoms with Gasteiger partial charge >= 0.3 is 0 Å². The van der Waals surface area contributed by atoms with E-state index in [1.165, 1.54) is 6.08 Å². The first-order chi connectivity index (χ1) is 11.0. The second kappa shape index (κ2) is 8.07. The molecule has 0 spiro atoms. The molecule has 2 heterocycles. The zero-order valence-electron chi connectivity index (χ0n) is 13.6. The van der Waals surface area contributed by atoms with Crippen molar-refractivity contribution in [2.75, 3.05) is 38.1 Å². The Hall–Kier alpha value is -1.93. The predicted octanol–water partition coefficient (Wildman–Crippen LogP) is 1.58. The van der Waals surface area contributed by atoms with Gasteiger partial charge in [-0.05, 0) is 30.9 Å². The van der Waals surface area contributed by atoms with E-state index < -0.39 is 5.91 Å². The highest BCUT2D eigenvalue weighted by atomic mass is 32.2. The van der Waals surface area contributed by atoms with Crippen molar-refractivity contribution in [1.29, 1.82) is 0 Å². The lowest BCUT2D eigenvalue weighted by Gasteiger charge is -2.23. The van der Waals surface area contributed by atoms with Crippen molar-refractivity contribution in [2.24, 2.45) is 0 Å². The Morgan fingerprint density at radius 3 is 2.61 bits per heavy atom. The SMILES string of the molecule is CCN(CC)CCN(C)c1ccnc(/C=C2\SC(=O)NC2=O)n1. The van der Waals surface area contributed by atoms with Crippen LogP contribution in [0.5, 0.6) is 0 Å². The fourth-order valence-corrected chi connectivity index (χ4v) is 2.78. The van der Waals surface area contributed by atoms with Gasteiger partial charge in [-0.2, -0.15) is 0 Å². The molecule has 1 fully saturated rings. The van der Waals surface area contributed by atoms with Gasteiger partial charge in [-0.3, -0.25) is 14.9 Å². The molecular weight excluding hydrogens is 314 g/mol. The summed E-state index contributed by atoms with van der Waals surface area (Å²) in [5.41, 5.74) is 0. The number of aromatic nitrogens is 2. The molecule has 1 aromatic heterocycles. The fraction of sp³-hybridized carbons (Fsp3) is 0.467. The van der Waals surface area contributed by atoms with Crippen LogP contribution in [0.2, 0.25) is 0 Å². The van der Waals surface area contributed by atoms with Crippen molar-refractivity contribution in [3.63, 3.8) is 0 Å². The number of thioether (sulfide) groups is 1. The fourth-order valence-electron chi connectivity index (χ4n) is 2.13. The van der Waals surface area contributed by atoms with E-state index in [4.69, 9.17) is 0 Å². The molecule has 7 nitrogen and oxygen atoms in total. The normalized spacial score (nSPS) is 16.3. The van der Waals surface area contributed by atoms with Crippen LogP contribution in [0.1, 0.15) is 19.7 Å².